The van der Waals surface area contributed by atoms with Crippen LogP contribution < -0.4 is 14.5 Å². The van der Waals surface area contributed by atoms with E-state index in [1.54, 1.807) is 43.6 Å². The maximum absolute atomic E-state index is 12.5. The van der Waals surface area contributed by atoms with E-state index in [4.69, 9.17) is 14.2 Å². The average Bonchev–Trinajstić information content (AvgIpc) is 2.92. The van der Waals surface area contributed by atoms with Gasteiger partial charge in [0.05, 0.1) is 31.2 Å². The average molecular weight is 370 g/mol. The maximum Gasteiger partial charge on any atom is 0.355 e. The zero-order chi connectivity index (χ0) is 19.6. The fourth-order valence-electron chi connectivity index (χ4n) is 2.83. The second-order valence-electron chi connectivity index (χ2n) is 5.68. The van der Waals surface area contributed by atoms with Gasteiger partial charge in [-0.2, -0.15) is 0 Å². The molecule has 0 saturated heterocycles. The summed E-state index contributed by atoms with van der Waals surface area (Å²) >= 11 is 0. The van der Waals surface area contributed by atoms with E-state index in [1.165, 1.54) is 30.1 Å². The number of para-hydroxylation sites is 1. The van der Waals surface area contributed by atoms with E-state index in [0.29, 0.717) is 17.1 Å². The fraction of sp³-hybridized carbons (Fsp3) is 0.211. The molecule has 0 unspecified atom stereocenters. The summed E-state index contributed by atoms with van der Waals surface area (Å²) in [7, 11) is 4.10. The van der Waals surface area contributed by atoms with Crippen LogP contribution in [-0.4, -0.2) is 45.7 Å². The number of hydrogen-bond donors (Lipinski definition) is 0. The highest BCUT2D eigenvalue weighted by Gasteiger charge is 2.32. The Labute approximate surface area is 155 Å². The van der Waals surface area contributed by atoms with E-state index in [-0.39, 0.29) is 23.8 Å². The maximum atomic E-state index is 12.5. The van der Waals surface area contributed by atoms with Gasteiger partial charge < -0.3 is 24.0 Å². The van der Waals surface area contributed by atoms with Crippen LogP contribution in [0.15, 0.2) is 53.9 Å². The molecule has 8 heteroatoms. The molecule has 140 valence electrons. The van der Waals surface area contributed by atoms with Gasteiger partial charge in [0, 0.05) is 13.2 Å². The molecule has 1 aromatic rings. The summed E-state index contributed by atoms with van der Waals surface area (Å²) in [6.07, 6.45) is 6.35. The third-order valence-electron chi connectivity index (χ3n) is 4.20. The molecule has 1 aromatic carbocycles. The van der Waals surface area contributed by atoms with E-state index in [9.17, 15) is 14.4 Å². The summed E-state index contributed by atoms with van der Waals surface area (Å²) in [5.74, 6) is -1.17. The number of allylic oxidation sites excluding steroid dienone is 2. The first kappa shape index (κ1) is 18.2. The summed E-state index contributed by atoms with van der Waals surface area (Å²) in [4.78, 5) is 39.6. The molecule has 0 spiro atoms. The first-order valence-corrected chi connectivity index (χ1v) is 8.07. The van der Waals surface area contributed by atoms with Crippen LogP contribution in [0.4, 0.5) is 11.4 Å². The Morgan fingerprint density at radius 1 is 1.07 bits per heavy atom. The van der Waals surface area contributed by atoms with Gasteiger partial charge in [0.1, 0.15) is 5.70 Å². The van der Waals surface area contributed by atoms with Crippen LogP contribution in [0.25, 0.3) is 0 Å². The molecule has 8 nitrogen and oxygen atoms in total. The molecule has 2 aliphatic heterocycles. The fourth-order valence-corrected chi connectivity index (χ4v) is 2.83. The number of esters is 2. The minimum atomic E-state index is -0.718. The van der Waals surface area contributed by atoms with Gasteiger partial charge in [0.25, 0.3) is 5.91 Å². The van der Waals surface area contributed by atoms with E-state index in [2.05, 4.69) is 0 Å². The van der Waals surface area contributed by atoms with Crippen molar-refractivity contribution >= 4 is 29.2 Å². The number of amides is 1. The highest BCUT2D eigenvalue weighted by molar-refractivity contribution is 6.06. The molecule has 2 aliphatic rings. The molecule has 0 N–H and O–H groups in total. The van der Waals surface area contributed by atoms with Crippen molar-refractivity contribution in [3.63, 3.8) is 0 Å². The van der Waals surface area contributed by atoms with Crippen molar-refractivity contribution in [3.8, 4) is 5.75 Å². The lowest BCUT2D eigenvalue weighted by molar-refractivity contribution is -0.139. The van der Waals surface area contributed by atoms with Gasteiger partial charge in [-0.05, 0) is 24.3 Å². The number of hydrogen-bond acceptors (Lipinski definition) is 7. The lowest BCUT2D eigenvalue weighted by Crippen LogP contribution is -2.36. The first-order chi connectivity index (χ1) is 13.0. The van der Waals surface area contributed by atoms with Crippen molar-refractivity contribution < 1.29 is 28.6 Å². The third kappa shape index (κ3) is 3.17. The molecule has 0 aromatic heterocycles. The van der Waals surface area contributed by atoms with Crippen LogP contribution in [0.3, 0.4) is 0 Å². The monoisotopic (exact) mass is 370 g/mol. The summed E-state index contributed by atoms with van der Waals surface area (Å²) in [5.41, 5.74) is 1.05. The standard InChI is InChI=1S/C19H18N2O6/c1-20-13-8-6-9-14(17(13)27-11-15(20)22)21-10-5-4-7-12(18(23)25-2)16(21)19(24)26-3/h4-10H,11H2,1-3H3. The molecule has 0 aliphatic carbocycles. The largest absolute Gasteiger partial charge is 0.479 e. The van der Waals surface area contributed by atoms with Crippen molar-refractivity contribution in [1.82, 2.24) is 0 Å². The molecule has 0 bridgehead atoms. The number of rotatable bonds is 3. The molecule has 0 fully saturated rings. The SMILES string of the molecule is COC(=O)C1=C(C(=O)OC)N(c2cccc3c2OCC(=O)N3C)C=CC=C1. The minimum Gasteiger partial charge on any atom is -0.479 e. The number of benzene rings is 1. The summed E-state index contributed by atoms with van der Waals surface area (Å²) in [5, 5.41) is 0. The van der Waals surface area contributed by atoms with Gasteiger partial charge in [0.2, 0.25) is 0 Å². The van der Waals surface area contributed by atoms with E-state index in [1.807, 2.05) is 0 Å². The smallest absolute Gasteiger partial charge is 0.355 e. The van der Waals surface area contributed by atoms with E-state index < -0.39 is 11.9 Å². The van der Waals surface area contributed by atoms with Gasteiger partial charge in [-0.25, -0.2) is 9.59 Å². The van der Waals surface area contributed by atoms with Crippen LogP contribution in [-0.2, 0) is 23.9 Å². The number of nitrogens with zero attached hydrogens (tertiary/aromatic N) is 2. The Bertz CT molecular complexity index is 899. The lowest BCUT2D eigenvalue weighted by atomic mass is 10.1. The summed E-state index contributed by atoms with van der Waals surface area (Å²) in [6, 6.07) is 5.18. The number of ether oxygens (including phenoxy) is 3. The minimum absolute atomic E-state index is 0.0223. The molecule has 27 heavy (non-hydrogen) atoms. The molecular weight excluding hydrogens is 352 g/mol. The number of carbonyl (C=O) groups is 3. The van der Waals surface area contributed by atoms with Crippen molar-refractivity contribution in [2.24, 2.45) is 0 Å². The number of methoxy groups -OCH3 is 2. The summed E-state index contributed by atoms with van der Waals surface area (Å²) in [6.45, 7) is -0.128. The van der Waals surface area contributed by atoms with Crippen molar-refractivity contribution in [3.05, 3.63) is 53.9 Å². The highest BCUT2D eigenvalue weighted by Crippen LogP contribution is 2.42. The van der Waals surface area contributed by atoms with Gasteiger partial charge in [0.15, 0.2) is 12.4 Å². The number of carbonyl (C=O) groups excluding carboxylic acids is 3. The number of anilines is 2. The summed E-state index contributed by atoms with van der Waals surface area (Å²) < 4.78 is 15.3. The Hall–Kier alpha value is -3.55. The third-order valence-corrected chi connectivity index (χ3v) is 4.20. The van der Waals surface area contributed by atoms with Crippen LogP contribution in [0.1, 0.15) is 0 Å². The Morgan fingerprint density at radius 3 is 2.48 bits per heavy atom. The molecule has 0 saturated carbocycles. The quantitative estimate of drug-likeness (QED) is 0.746. The van der Waals surface area contributed by atoms with Gasteiger partial charge in [-0.3, -0.25) is 4.79 Å². The van der Waals surface area contributed by atoms with Crippen LogP contribution in [0.5, 0.6) is 5.75 Å². The van der Waals surface area contributed by atoms with E-state index in [0.717, 1.165) is 0 Å². The van der Waals surface area contributed by atoms with E-state index >= 15 is 0 Å². The van der Waals surface area contributed by atoms with Crippen molar-refractivity contribution in [2.75, 3.05) is 37.7 Å². The van der Waals surface area contributed by atoms with Crippen molar-refractivity contribution in [1.29, 1.82) is 0 Å². The molecule has 3 rings (SSSR count). The first-order valence-electron chi connectivity index (χ1n) is 8.07. The van der Waals surface area contributed by atoms with Gasteiger partial charge >= 0.3 is 11.9 Å². The second-order valence-corrected chi connectivity index (χ2v) is 5.68. The molecule has 1 amide bonds. The van der Waals surface area contributed by atoms with Gasteiger partial charge in [-0.1, -0.05) is 12.1 Å². The van der Waals surface area contributed by atoms with Crippen LogP contribution >= 0.6 is 0 Å². The van der Waals surface area contributed by atoms with Gasteiger partial charge in [-0.15, -0.1) is 0 Å². The molecule has 0 radical (unpaired) electrons. The highest BCUT2D eigenvalue weighted by atomic mass is 16.5. The molecule has 2 heterocycles. The zero-order valence-corrected chi connectivity index (χ0v) is 15.1. The van der Waals surface area contributed by atoms with Crippen LogP contribution in [0.2, 0.25) is 0 Å². The Morgan fingerprint density at radius 2 is 1.78 bits per heavy atom. The molecule has 0 atom stereocenters. The lowest BCUT2D eigenvalue weighted by Gasteiger charge is -2.31. The number of fused-ring (bicyclic) bond motifs is 1. The second kappa shape index (κ2) is 7.36. The topological polar surface area (TPSA) is 85.4 Å². The van der Waals surface area contributed by atoms with Crippen LogP contribution in [0, 0.1) is 0 Å². The zero-order valence-electron chi connectivity index (χ0n) is 15.1. The van der Waals surface area contributed by atoms with Crippen molar-refractivity contribution in [2.45, 2.75) is 0 Å². The molecular formula is C19H18N2O6. The normalized spacial score (nSPS) is 15.9. The Balaban J connectivity index is 2.22. The predicted octanol–water partition coefficient (Wildman–Crippen LogP) is 1.53. The predicted molar refractivity (Wildman–Crippen MR) is 97.2 cm³/mol. The number of likely N-dealkylation sites (N-methyl/N-ethyl adjacent to an activating group) is 1. The Kier molecular flexibility index (Phi) is 4.98.